The molecule has 0 amide bonds. The van der Waals surface area contributed by atoms with E-state index in [1.54, 1.807) is 0 Å². The smallest absolute Gasteiger partial charge is 0.0809 e. The van der Waals surface area contributed by atoms with E-state index in [0.29, 0.717) is 6.10 Å². The number of ether oxygens (including phenoxy) is 2. The molecule has 0 bridgehead atoms. The third-order valence-electron chi connectivity index (χ3n) is 3.21. The van der Waals surface area contributed by atoms with Crippen LogP contribution in [0.1, 0.15) is 24.8 Å². The second kappa shape index (κ2) is 8.54. The largest absolute Gasteiger partial charge is 0.379 e. The van der Waals surface area contributed by atoms with Crippen LogP contribution in [-0.2, 0) is 16.0 Å². The van der Waals surface area contributed by atoms with Crippen molar-refractivity contribution in [1.29, 1.82) is 0 Å². The molecule has 1 aromatic carbocycles. The maximum Gasteiger partial charge on any atom is 0.0809 e. The molecule has 2 rings (SSSR count). The van der Waals surface area contributed by atoms with Crippen LogP contribution < -0.4 is 5.32 Å². The van der Waals surface area contributed by atoms with Crippen molar-refractivity contribution in [2.24, 2.45) is 0 Å². The quantitative estimate of drug-likeness (QED) is 0.744. The van der Waals surface area contributed by atoms with Crippen molar-refractivity contribution in [2.75, 3.05) is 26.4 Å². The molecule has 1 aromatic rings. The van der Waals surface area contributed by atoms with Gasteiger partial charge >= 0.3 is 0 Å². The summed E-state index contributed by atoms with van der Waals surface area (Å²) in [6.07, 6.45) is 3.69. The van der Waals surface area contributed by atoms with Gasteiger partial charge < -0.3 is 14.8 Å². The molecule has 0 spiro atoms. The number of halogens is 1. The van der Waals surface area contributed by atoms with E-state index in [4.69, 9.17) is 21.1 Å². The standard InChI is InChI=1S/C15H22ClNO2/c16-14-6-4-13(5-7-14)11-17-8-2-9-18-12-15-3-1-10-19-15/h4-7,15,17H,1-3,8-12H2. The molecule has 1 fully saturated rings. The van der Waals surface area contributed by atoms with Gasteiger partial charge in [0.05, 0.1) is 12.7 Å². The lowest BCUT2D eigenvalue weighted by atomic mass is 10.2. The number of hydrogen-bond donors (Lipinski definition) is 1. The topological polar surface area (TPSA) is 30.5 Å². The van der Waals surface area contributed by atoms with E-state index in [9.17, 15) is 0 Å². The van der Waals surface area contributed by atoms with E-state index in [-0.39, 0.29) is 0 Å². The van der Waals surface area contributed by atoms with Crippen molar-refractivity contribution in [1.82, 2.24) is 5.32 Å². The Kier molecular flexibility index (Phi) is 6.65. The fraction of sp³-hybridized carbons (Fsp3) is 0.600. The van der Waals surface area contributed by atoms with Gasteiger partial charge in [0.15, 0.2) is 0 Å². The van der Waals surface area contributed by atoms with E-state index in [1.165, 1.54) is 12.0 Å². The highest BCUT2D eigenvalue weighted by Crippen LogP contribution is 2.12. The highest BCUT2D eigenvalue weighted by Gasteiger charge is 2.14. The predicted octanol–water partition coefficient (Wildman–Crippen LogP) is 3.02. The molecule has 0 aliphatic carbocycles. The van der Waals surface area contributed by atoms with E-state index >= 15 is 0 Å². The Labute approximate surface area is 120 Å². The van der Waals surface area contributed by atoms with Crippen molar-refractivity contribution < 1.29 is 9.47 Å². The minimum atomic E-state index is 0.335. The second-order valence-electron chi connectivity index (χ2n) is 4.87. The first kappa shape index (κ1) is 14.8. The van der Waals surface area contributed by atoms with Crippen LogP contribution in [-0.4, -0.2) is 32.5 Å². The molecular weight excluding hydrogens is 262 g/mol. The first-order chi connectivity index (χ1) is 9.34. The molecule has 1 saturated heterocycles. The minimum Gasteiger partial charge on any atom is -0.379 e. The number of nitrogens with one attached hydrogen (secondary N) is 1. The normalized spacial score (nSPS) is 18.9. The number of hydrogen-bond acceptors (Lipinski definition) is 3. The highest BCUT2D eigenvalue weighted by atomic mass is 35.5. The average molecular weight is 284 g/mol. The third-order valence-corrected chi connectivity index (χ3v) is 3.46. The van der Waals surface area contributed by atoms with Crippen molar-refractivity contribution >= 4 is 11.6 Å². The van der Waals surface area contributed by atoms with Crippen molar-refractivity contribution in [2.45, 2.75) is 31.9 Å². The van der Waals surface area contributed by atoms with Crippen LogP contribution in [0.2, 0.25) is 5.02 Å². The Morgan fingerprint density at radius 3 is 2.89 bits per heavy atom. The summed E-state index contributed by atoms with van der Waals surface area (Å²) in [7, 11) is 0. The molecule has 4 heteroatoms. The van der Waals surface area contributed by atoms with Gasteiger partial charge in [-0.05, 0) is 43.5 Å². The number of rotatable bonds is 8. The first-order valence-corrected chi connectivity index (χ1v) is 7.37. The summed E-state index contributed by atoms with van der Waals surface area (Å²) in [6.45, 7) is 4.29. The molecule has 0 radical (unpaired) electrons. The van der Waals surface area contributed by atoms with Crippen LogP contribution in [0.5, 0.6) is 0 Å². The van der Waals surface area contributed by atoms with Crippen LogP contribution >= 0.6 is 11.6 Å². The van der Waals surface area contributed by atoms with Gasteiger partial charge in [-0.25, -0.2) is 0 Å². The fourth-order valence-electron chi connectivity index (χ4n) is 2.12. The van der Waals surface area contributed by atoms with Crippen LogP contribution in [0.4, 0.5) is 0 Å². The predicted molar refractivity (Wildman–Crippen MR) is 77.6 cm³/mol. The molecule has 0 saturated carbocycles. The lowest BCUT2D eigenvalue weighted by Crippen LogP contribution is -2.18. The summed E-state index contributed by atoms with van der Waals surface area (Å²) in [5.41, 5.74) is 1.25. The minimum absolute atomic E-state index is 0.335. The summed E-state index contributed by atoms with van der Waals surface area (Å²) < 4.78 is 11.1. The third kappa shape index (κ3) is 5.91. The van der Waals surface area contributed by atoms with Gasteiger partial charge in [0, 0.05) is 24.8 Å². The number of benzene rings is 1. The van der Waals surface area contributed by atoms with Gasteiger partial charge in [0.25, 0.3) is 0 Å². The van der Waals surface area contributed by atoms with Crippen LogP contribution in [0, 0.1) is 0 Å². The maximum absolute atomic E-state index is 5.84. The Bertz CT molecular complexity index is 350. The van der Waals surface area contributed by atoms with Crippen molar-refractivity contribution in [3.05, 3.63) is 34.9 Å². The molecule has 1 unspecified atom stereocenters. The van der Waals surface area contributed by atoms with Gasteiger partial charge in [-0.3, -0.25) is 0 Å². The van der Waals surface area contributed by atoms with Gasteiger partial charge in [-0.15, -0.1) is 0 Å². The molecule has 1 aliphatic rings. The summed E-state index contributed by atoms with van der Waals surface area (Å²) >= 11 is 5.84. The summed E-state index contributed by atoms with van der Waals surface area (Å²) in [5, 5.41) is 4.18. The Balaban J connectivity index is 1.44. The zero-order chi connectivity index (χ0) is 13.3. The van der Waals surface area contributed by atoms with Crippen LogP contribution in [0.25, 0.3) is 0 Å². The molecule has 1 N–H and O–H groups in total. The Morgan fingerprint density at radius 1 is 1.32 bits per heavy atom. The molecule has 3 nitrogen and oxygen atoms in total. The van der Waals surface area contributed by atoms with Crippen molar-refractivity contribution in [3.8, 4) is 0 Å². The van der Waals surface area contributed by atoms with E-state index < -0.39 is 0 Å². The van der Waals surface area contributed by atoms with Gasteiger partial charge in [0.2, 0.25) is 0 Å². The lowest BCUT2D eigenvalue weighted by molar-refractivity contribution is 0.0166. The molecule has 106 valence electrons. The van der Waals surface area contributed by atoms with Crippen molar-refractivity contribution in [3.63, 3.8) is 0 Å². The molecular formula is C15H22ClNO2. The fourth-order valence-corrected chi connectivity index (χ4v) is 2.25. The average Bonchev–Trinajstić information content (AvgIpc) is 2.93. The molecule has 19 heavy (non-hydrogen) atoms. The second-order valence-corrected chi connectivity index (χ2v) is 5.30. The van der Waals surface area contributed by atoms with Gasteiger partial charge in [-0.1, -0.05) is 23.7 Å². The summed E-state index contributed by atoms with van der Waals surface area (Å²) in [6, 6.07) is 7.93. The molecule has 1 atom stereocenters. The Morgan fingerprint density at radius 2 is 2.16 bits per heavy atom. The molecule has 1 aliphatic heterocycles. The first-order valence-electron chi connectivity index (χ1n) is 6.99. The van der Waals surface area contributed by atoms with Gasteiger partial charge in [-0.2, -0.15) is 0 Å². The summed E-state index contributed by atoms with van der Waals surface area (Å²) in [5.74, 6) is 0. The zero-order valence-electron chi connectivity index (χ0n) is 11.2. The molecule has 1 heterocycles. The Hall–Kier alpha value is -0.610. The molecule has 0 aromatic heterocycles. The van der Waals surface area contributed by atoms with Gasteiger partial charge in [0.1, 0.15) is 0 Å². The zero-order valence-corrected chi connectivity index (χ0v) is 12.0. The maximum atomic E-state index is 5.84. The van der Waals surface area contributed by atoms with E-state index in [2.05, 4.69) is 5.32 Å². The van der Waals surface area contributed by atoms with Crippen LogP contribution in [0.3, 0.4) is 0 Å². The van der Waals surface area contributed by atoms with Crippen LogP contribution in [0.15, 0.2) is 24.3 Å². The SMILES string of the molecule is Clc1ccc(CNCCCOCC2CCCO2)cc1. The highest BCUT2D eigenvalue weighted by molar-refractivity contribution is 6.30. The monoisotopic (exact) mass is 283 g/mol. The summed E-state index contributed by atoms with van der Waals surface area (Å²) in [4.78, 5) is 0. The lowest BCUT2D eigenvalue weighted by Gasteiger charge is -2.10. The van der Waals surface area contributed by atoms with E-state index in [0.717, 1.165) is 50.8 Å². The van der Waals surface area contributed by atoms with E-state index in [1.807, 2.05) is 24.3 Å².